The van der Waals surface area contributed by atoms with Gasteiger partial charge in [-0.15, -0.1) is 0 Å². The number of carboxylic acids is 1. The highest BCUT2D eigenvalue weighted by Gasteiger charge is 2.36. The van der Waals surface area contributed by atoms with Crippen LogP contribution in [0.2, 0.25) is 5.02 Å². The van der Waals surface area contributed by atoms with E-state index >= 15 is 0 Å². The van der Waals surface area contributed by atoms with Crippen molar-refractivity contribution < 1.29 is 24.4 Å². The normalized spacial score (nSPS) is 14.0. The highest BCUT2D eigenvalue weighted by atomic mass is 35.5. The van der Waals surface area contributed by atoms with Crippen LogP contribution in [0.4, 0.5) is 5.69 Å². The Kier molecular flexibility index (Phi) is 5.65. The van der Waals surface area contributed by atoms with E-state index in [0.29, 0.717) is 0 Å². The van der Waals surface area contributed by atoms with Crippen LogP contribution in [0.25, 0.3) is 0 Å². The summed E-state index contributed by atoms with van der Waals surface area (Å²) in [4.78, 5) is 37.2. The van der Waals surface area contributed by atoms with Crippen LogP contribution in [0.3, 0.4) is 0 Å². The lowest BCUT2D eigenvalue weighted by atomic mass is 9.90. The Morgan fingerprint density at radius 3 is 2.39 bits per heavy atom. The number of carbonyl (C=O) groups is 2. The molecule has 0 aliphatic heterocycles. The Morgan fingerprint density at radius 2 is 2.00 bits per heavy atom. The predicted octanol–water partition coefficient (Wildman–Crippen LogP) is 2.79. The minimum Gasteiger partial charge on any atom is -0.480 e. The van der Waals surface area contributed by atoms with Crippen LogP contribution in [0, 0.1) is 15.5 Å². The van der Waals surface area contributed by atoms with Crippen LogP contribution in [-0.4, -0.2) is 33.1 Å². The summed E-state index contributed by atoms with van der Waals surface area (Å²) in [5.74, 6) is -4.28. The Hall–Kier alpha value is -2.22. The van der Waals surface area contributed by atoms with Crippen molar-refractivity contribution >= 4 is 29.2 Å². The molecule has 0 aliphatic carbocycles. The number of ether oxygens (including phenoxy) is 1. The minimum atomic E-state index is -1.76. The van der Waals surface area contributed by atoms with Gasteiger partial charge >= 0.3 is 11.9 Å². The van der Waals surface area contributed by atoms with E-state index in [1.807, 2.05) is 20.8 Å². The second-order valence-electron chi connectivity index (χ2n) is 6.03. The van der Waals surface area contributed by atoms with E-state index in [1.165, 1.54) is 0 Å². The molecule has 1 rings (SSSR count). The van der Waals surface area contributed by atoms with Gasteiger partial charge in [-0.1, -0.05) is 32.4 Å². The van der Waals surface area contributed by atoms with Crippen molar-refractivity contribution in [2.24, 2.45) is 5.41 Å². The number of pyridine rings is 1. The van der Waals surface area contributed by atoms with E-state index in [4.69, 9.17) is 16.3 Å². The number of nitro groups is 1. The molecule has 0 bridgehead atoms. The Morgan fingerprint density at radius 1 is 1.43 bits per heavy atom. The van der Waals surface area contributed by atoms with Gasteiger partial charge in [0.05, 0.1) is 15.6 Å². The summed E-state index contributed by atoms with van der Waals surface area (Å²) in [5, 5.41) is 19.7. The summed E-state index contributed by atoms with van der Waals surface area (Å²) in [7, 11) is 0. The van der Waals surface area contributed by atoms with Crippen LogP contribution in [-0.2, 0) is 14.3 Å². The topological polar surface area (TPSA) is 120 Å². The lowest BCUT2D eigenvalue weighted by molar-refractivity contribution is -0.385. The molecule has 23 heavy (non-hydrogen) atoms. The molecule has 0 saturated carbocycles. The lowest BCUT2D eigenvalue weighted by Gasteiger charge is -2.28. The van der Waals surface area contributed by atoms with Crippen molar-refractivity contribution in [3.8, 4) is 0 Å². The quantitative estimate of drug-likeness (QED) is 0.377. The maximum absolute atomic E-state index is 12.2. The van der Waals surface area contributed by atoms with Gasteiger partial charge in [0.15, 0.2) is 5.92 Å². The third kappa shape index (κ3) is 4.62. The number of hydrogen-bond acceptors (Lipinski definition) is 6. The summed E-state index contributed by atoms with van der Waals surface area (Å²) in [5.41, 5.74) is -1.08. The SMILES string of the molecule is CC(OC(=O)C(C(=O)O)c1ncc([N+](=O)[O-])cc1Cl)C(C)(C)C. The Labute approximate surface area is 137 Å². The second-order valence-corrected chi connectivity index (χ2v) is 6.44. The molecule has 1 aromatic rings. The summed E-state index contributed by atoms with van der Waals surface area (Å²) in [6, 6.07) is 0.945. The number of halogens is 1. The zero-order valence-electron chi connectivity index (χ0n) is 13.1. The molecule has 0 aliphatic rings. The van der Waals surface area contributed by atoms with Crippen LogP contribution in [0.1, 0.15) is 39.3 Å². The fourth-order valence-corrected chi connectivity index (χ4v) is 1.77. The molecule has 9 heteroatoms. The number of esters is 1. The fourth-order valence-electron chi connectivity index (χ4n) is 1.50. The number of carbonyl (C=O) groups excluding carboxylic acids is 1. The molecule has 0 saturated heterocycles. The first-order chi connectivity index (χ1) is 10.4. The van der Waals surface area contributed by atoms with Gasteiger partial charge in [0.1, 0.15) is 12.3 Å². The predicted molar refractivity (Wildman–Crippen MR) is 81.3 cm³/mol. The maximum Gasteiger partial charge on any atom is 0.326 e. The Bertz CT molecular complexity index is 641. The van der Waals surface area contributed by atoms with E-state index in [1.54, 1.807) is 6.92 Å². The first-order valence-corrected chi connectivity index (χ1v) is 7.06. The van der Waals surface area contributed by atoms with E-state index in [9.17, 15) is 24.8 Å². The first-order valence-electron chi connectivity index (χ1n) is 6.68. The smallest absolute Gasteiger partial charge is 0.326 e. The van der Waals surface area contributed by atoms with Crippen molar-refractivity contribution in [2.75, 3.05) is 0 Å². The average molecular weight is 345 g/mol. The lowest BCUT2D eigenvalue weighted by Crippen LogP contribution is -2.33. The van der Waals surface area contributed by atoms with E-state index in [0.717, 1.165) is 12.3 Å². The van der Waals surface area contributed by atoms with Gasteiger partial charge in [-0.3, -0.25) is 24.7 Å². The van der Waals surface area contributed by atoms with Crippen molar-refractivity contribution in [2.45, 2.75) is 39.7 Å². The molecule has 0 aromatic carbocycles. The molecular formula is C14H17ClN2O6. The summed E-state index contributed by atoms with van der Waals surface area (Å²) in [6.07, 6.45) is 0.297. The zero-order chi connectivity index (χ0) is 17.9. The van der Waals surface area contributed by atoms with Gasteiger partial charge in [-0.2, -0.15) is 0 Å². The third-order valence-corrected chi connectivity index (χ3v) is 3.64. The molecule has 1 heterocycles. The van der Waals surface area contributed by atoms with Crippen molar-refractivity contribution in [3.05, 3.63) is 33.1 Å². The zero-order valence-corrected chi connectivity index (χ0v) is 13.8. The summed E-state index contributed by atoms with van der Waals surface area (Å²) in [6.45, 7) is 7.13. The average Bonchev–Trinajstić information content (AvgIpc) is 2.39. The number of carboxylic acid groups (broad SMARTS) is 1. The third-order valence-electron chi connectivity index (χ3n) is 3.33. The van der Waals surface area contributed by atoms with Crippen LogP contribution in [0.5, 0.6) is 0 Å². The molecule has 1 N–H and O–H groups in total. The molecule has 8 nitrogen and oxygen atoms in total. The minimum absolute atomic E-state index is 0.285. The molecule has 0 fully saturated rings. The molecule has 126 valence electrons. The van der Waals surface area contributed by atoms with Crippen molar-refractivity contribution in [3.63, 3.8) is 0 Å². The van der Waals surface area contributed by atoms with Crippen LogP contribution >= 0.6 is 11.6 Å². The molecule has 2 unspecified atom stereocenters. The number of aromatic nitrogens is 1. The molecule has 1 aromatic heterocycles. The Balaban J connectivity index is 3.15. The molecular weight excluding hydrogens is 328 g/mol. The monoisotopic (exact) mass is 344 g/mol. The standard InChI is InChI=1S/C14H17ClN2O6/c1-7(14(2,3)4)23-13(20)10(12(18)19)11-9(15)5-8(6-16-11)17(21)22/h5-7,10H,1-4H3,(H,18,19). The number of rotatable bonds is 5. The van der Waals surface area contributed by atoms with Gasteiger partial charge in [0.25, 0.3) is 5.69 Å². The number of hydrogen-bond donors (Lipinski definition) is 1. The van der Waals surface area contributed by atoms with Gasteiger partial charge in [-0.25, -0.2) is 0 Å². The van der Waals surface area contributed by atoms with Gasteiger partial charge in [-0.05, 0) is 12.3 Å². The van der Waals surface area contributed by atoms with Crippen LogP contribution < -0.4 is 0 Å². The maximum atomic E-state index is 12.2. The van der Waals surface area contributed by atoms with Crippen molar-refractivity contribution in [1.82, 2.24) is 4.98 Å². The number of nitrogens with zero attached hydrogens (tertiary/aromatic N) is 2. The second kappa shape index (κ2) is 6.91. The molecule has 0 amide bonds. The highest BCUT2D eigenvalue weighted by molar-refractivity contribution is 6.32. The van der Waals surface area contributed by atoms with E-state index in [2.05, 4.69) is 4.98 Å². The van der Waals surface area contributed by atoms with Crippen molar-refractivity contribution in [1.29, 1.82) is 0 Å². The summed E-state index contributed by atoms with van der Waals surface area (Å²) < 4.78 is 5.17. The largest absolute Gasteiger partial charge is 0.480 e. The van der Waals surface area contributed by atoms with Gasteiger partial charge in [0.2, 0.25) is 0 Å². The van der Waals surface area contributed by atoms with Crippen LogP contribution in [0.15, 0.2) is 12.3 Å². The molecule has 0 spiro atoms. The fraction of sp³-hybridized carbons (Fsp3) is 0.500. The number of aliphatic carboxylic acids is 1. The molecule has 2 atom stereocenters. The van der Waals surface area contributed by atoms with Gasteiger partial charge < -0.3 is 9.84 Å². The molecule has 0 radical (unpaired) electrons. The van der Waals surface area contributed by atoms with E-state index in [-0.39, 0.29) is 16.1 Å². The first kappa shape index (κ1) is 18.8. The van der Waals surface area contributed by atoms with E-state index < -0.39 is 34.6 Å². The van der Waals surface area contributed by atoms with Gasteiger partial charge in [0, 0.05) is 6.07 Å². The summed E-state index contributed by atoms with van der Waals surface area (Å²) >= 11 is 5.84. The highest BCUT2D eigenvalue weighted by Crippen LogP contribution is 2.29.